The first-order valence-electron chi connectivity index (χ1n) is 7.20. The van der Waals surface area contributed by atoms with Crippen LogP contribution in [0, 0.1) is 5.92 Å². The minimum absolute atomic E-state index is 0.327. The number of carbonyl (C=O) groups is 3. The summed E-state index contributed by atoms with van der Waals surface area (Å²) in [5.74, 6) is -3.32. The third-order valence-corrected chi connectivity index (χ3v) is 2.64. The number of hydrogen-bond acceptors (Lipinski definition) is 5. The van der Waals surface area contributed by atoms with E-state index in [-0.39, 0.29) is 5.92 Å². The SMILES string of the molecule is CCCCC(CCC)C(=O)OC(=O)C(=O)OC(C)(C)C. The molecule has 0 aliphatic rings. The van der Waals surface area contributed by atoms with Crippen LogP contribution in [0.2, 0.25) is 0 Å². The molecule has 0 bridgehead atoms. The van der Waals surface area contributed by atoms with Gasteiger partial charge in [0.25, 0.3) is 0 Å². The van der Waals surface area contributed by atoms with Gasteiger partial charge < -0.3 is 9.47 Å². The highest BCUT2D eigenvalue weighted by molar-refractivity contribution is 6.31. The van der Waals surface area contributed by atoms with Crippen LogP contribution in [0.5, 0.6) is 0 Å². The summed E-state index contributed by atoms with van der Waals surface area (Å²) >= 11 is 0. The summed E-state index contributed by atoms with van der Waals surface area (Å²) in [7, 11) is 0. The lowest BCUT2D eigenvalue weighted by molar-refractivity contribution is -0.180. The Labute approximate surface area is 121 Å². The van der Waals surface area contributed by atoms with Crippen molar-refractivity contribution in [3.8, 4) is 0 Å². The summed E-state index contributed by atoms with van der Waals surface area (Å²) in [5, 5.41) is 0. The van der Waals surface area contributed by atoms with Crippen molar-refractivity contribution in [1.29, 1.82) is 0 Å². The molecule has 0 aliphatic carbocycles. The van der Waals surface area contributed by atoms with Crippen LogP contribution in [-0.2, 0) is 23.9 Å². The van der Waals surface area contributed by atoms with Crippen molar-refractivity contribution in [1.82, 2.24) is 0 Å². The first kappa shape index (κ1) is 18.6. The van der Waals surface area contributed by atoms with E-state index in [1.54, 1.807) is 20.8 Å². The highest BCUT2D eigenvalue weighted by Crippen LogP contribution is 2.17. The number of unbranched alkanes of at least 4 members (excludes halogenated alkanes) is 1. The van der Waals surface area contributed by atoms with Crippen LogP contribution in [0.1, 0.15) is 66.7 Å². The summed E-state index contributed by atoms with van der Waals surface area (Å²) in [6, 6.07) is 0. The van der Waals surface area contributed by atoms with Crippen LogP contribution in [0.15, 0.2) is 0 Å². The standard InChI is InChI=1S/C15H26O5/c1-6-8-10-11(9-7-2)12(16)19-13(17)14(18)20-15(3,4)5/h11H,6-10H2,1-5H3. The Morgan fingerprint density at radius 3 is 2.00 bits per heavy atom. The molecular formula is C15H26O5. The Morgan fingerprint density at radius 2 is 1.55 bits per heavy atom. The van der Waals surface area contributed by atoms with Crippen molar-refractivity contribution in [3.63, 3.8) is 0 Å². The van der Waals surface area contributed by atoms with Crippen LogP contribution in [0.4, 0.5) is 0 Å². The maximum Gasteiger partial charge on any atom is 0.425 e. The van der Waals surface area contributed by atoms with Crippen LogP contribution < -0.4 is 0 Å². The van der Waals surface area contributed by atoms with Gasteiger partial charge in [-0.1, -0.05) is 33.1 Å². The Bertz CT molecular complexity index is 341. The third-order valence-electron chi connectivity index (χ3n) is 2.64. The van der Waals surface area contributed by atoms with E-state index < -0.39 is 23.5 Å². The molecule has 0 aromatic heterocycles. The largest absolute Gasteiger partial charge is 0.452 e. The van der Waals surface area contributed by atoms with Crippen LogP contribution in [-0.4, -0.2) is 23.5 Å². The van der Waals surface area contributed by atoms with Gasteiger partial charge in [-0.2, -0.15) is 0 Å². The summed E-state index contributed by atoms with van der Waals surface area (Å²) in [6.07, 6.45) is 4.00. The molecule has 0 aromatic carbocycles. The van der Waals surface area contributed by atoms with Gasteiger partial charge in [0.15, 0.2) is 0 Å². The zero-order valence-electron chi connectivity index (χ0n) is 13.2. The van der Waals surface area contributed by atoms with Gasteiger partial charge in [-0.05, 0) is 33.6 Å². The fraction of sp³-hybridized carbons (Fsp3) is 0.800. The monoisotopic (exact) mass is 286 g/mol. The van der Waals surface area contributed by atoms with Gasteiger partial charge in [-0.25, -0.2) is 9.59 Å². The fourth-order valence-corrected chi connectivity index (χ4v) is 1.72. The van der Waals surface area contributed by atoms with E-state index in [4.69, 9.17) is 4.74 Å². The molecule has 0 amide bonds. The third kappa shape index (κ3) is 7.92. The van der Waals surface area contributed by atoms with Crippen molar-refractivity contribution >= 4 is 17.9 Å². The molecule has 0 fully saturated rings. The summed E-state index contributed by atoms with van der Waals surface area (Å²) in [5.41, 5.74) is -0.788. The smallest absolute Gasteiger partial charge is 0.425 e. The molecule has 1 unspecified atom stereocenters. The Balaban J connectivity index is 4.47. The lowest BCUT2D eigenvalue weighted by atomic mass is 9.97. The first-order valence-corrected chi connectivity index (χ1v) is 7.20. The predicted molar refractivity (Wildman–Crippen MR) is 74.9 cm³/mol. The molecule has 0 aliphatic heterocycles. The second kappa shape index (κ2) is 8.72. The van der Waals surface area contributed by atoms with Gasteiger partial charge in [0.1, 0.15) is 5.60 Å². The lowest BCUT2D eigenvalue weighted by Gasteiger charge is -2.19. The molecule has 0 radical (unpaired) electrons. The van der Waals surface area contributed by atoms with Gasteiger partial charge in [0, 0.05) is 0 Å². The van der Waals surface area contributed by atoms with Gasteiger partial charge in [-0.3, -0.25) is 4.79 Å². The van der Waals surface area contributed by atoms with Crippen LogP contribution in [0.25, 0.3) is 0 Å². The molecule has 0 rings (SSSR count). The van der Waals surface area contributed by atoms with Gasteiger partial charge in [0.05, 0.1) is 5.92 Å². The Morgan fingerprint density at radius 1 is 0.950 bits per heavy atom. The minimum Gasteiger partial charge on any atom is -0.452 e. The van der Waals surface area contributed by atoms with E-state index in [9.17, 15) is 14.4 Å². The molecule has 0 aromatic rings. The number of hydrogen-bond donors (Lipinski definition) is 0. The number of ether oxygens (including phenoxy) is 2. The maximum absolute atomic E-state index is 11.9. The van der Waals surface area contributed by atoms with Crippen molar-refractivity contribution in [2.24, 2.45) is 5.92 Å². The molecule has 0 N–H and O–H groups in total. The Kier molecular flexibility index (Phi) is 8.11. The maximum atomic E-state index is 11.9. The van der Waals surface area contributed by atoms with E-state index in [0.29, 0.717) is 12.8 Å². The lowest BCUT2D eigenvalue weighted by Crippen LogP contribution is -2.32. The molecule has 5 heteroatoms. The van der Waals surface area contributed by atoms with Crippen molar-refractivity contribution in [3.05, 3.63) is 0 Å². The molecule has 20 heavy (non-hydrogen) atoms. The van der Waals surface area contributed by atoms with E-state index in [0.717, 1.165) is 19.3 Å². The first-order chi connectivity index (χ1) is 9.21. The van der Waals surface area contributed by atoms with Gasteiger partial charge in [0.2, 0.25) is 0 Å². The summed E-state index contributed by atoms with van der Waals surface area (Å²) in [6.45, 7) is 8.91. The molecule has 116 valence electrons. The topological polar surface area (TPSA) is 69.7 Å². The van der Waals surface area contributed by atoms with Crippen molar-refractivity contribution in [2.75, 3.05) is 0 Å². The molecule has 0 saturated carbocycles. The summed E-state index contributed by atoms with van der Waals surface area (Å²) in [4.78, 5) is 34.8. The second-order valence-electron chi connectivity index (χ2n) is 5.84. The van der Waals surface area contributed by atoms with E-state index in [2.05, 4.69) is 4.74 Å². The minimum atomic E-state index is -1.23. The molecule has 0 spiro atoms. The van der Waals surface area contributed by atoms with Crippen molar-refractivity contribution < 1.29 is 23.9 Å². The molecule has 0 saturated heterocycles. The zero-order valence-corrected chi connectivity index (χ0v) is 13.2. The quantitative estimate of drug-likeness (QED) is 0.426. The summed E-state index contributed by atoms with van der Waals surface area (Å²) < 4.78 is 9.47. The number of esters is 3. The second-order valence-corrected chi connectivity index (χ2v) is 5.84. The van der Waals surface area contributed by atoms with Crippen molar-refractivity contribution in [2.45, 2.75) is 72.3 Å². The van der Waals surface area contributed by atoms with E-state index in [1.165, 1.54) is 0 Å². The molecule has 1 atom stereocenters. The fourth-order valence-electron chi connectivity index (χ4n) is 1.72. The van der Waals surface area contributed by atoms with Gasteiger partial charge in [-0.15, -0.1) is 0 Å². The molecule has 0 heterocycles. The molecule has 5 nitrogen and oxygen atoms in total. The average molecular weight is 286 g/mol. The van der Waals surface area contributed by atoms with E-state index >= 15 is 0 Å². The highest BCUT2D eigenvalue weighted by Gasteiger charge is 2.29. The van der Waals surface area contributed by atoms with Crippen LogP contribution >= 0.6 is 0 Å². The van der Waals surface area contributed by atoms with Gasteiger partial charge >= 0.3 is 17.9 Å². The predicted octanol–water partition coefficient (Wildman–Crippen LogP) is 3.00. The van der Waals surface area contributed by atoms with Crippen LogP contribution in [0.3, 0.4) is 0 Å². The average Bonchev–Trinajstić information content (AvgIpc) is 2.32. The molecular weight excluding hydrogens is 260 g/mol. The zero-order chi connectivity index (χ0) is 15.8. The number of carbonyl (C=O) groups excluding carboxylic acids is 3. The van der Waals surface area contributed by atoms with E-state index in [1.807, 2.05) is 13.8 Å². The normalized spacial score (nSPS) is 12.7. The highest BCUT2D eigenvalue weighted by atomic mass is 16.6. The number of rotatable bonds is 6. The Hall–Kier alpha value is -1.39.